The lowest BCUT2D eigenvalue weighted by atomic mass is 10.2. The zero-order chi connectivity index (χ0) is 12.8. The van der Waals surface area contributed by atoms with Gasteiger partial charge in [0.05, 0.1) is 0 Å². The number of nitrogens with zero attached hydrogens (tertiary/aromatic N) is 1. The van der Waals surface area contributed by atoms with Gasteiger partial charge in [-0.15, -0.1) is 0 Å². The van der Waals surface area contributed by atoms with E-state index in [1.165, 1.54) is 0 Å². The Hall–Kier alpha value is -1.07. The summed E-state index contributed by atoms with van der Waals surface area (Å²) in [6.45, 7) is 7.00. The fourth-order valence-corrected chi connectivity index (χ4v) is 1.50. The molecule has 4 nitrogen and oxygen atoms in total. The SMILES string of the molecule is Cc1cc(NC(=NCC(C)C)NN)ccc1Br. The largest absolute Gasteiger partial charge is 0.325 e. The molecular formula is C12H19BrN4. The van der Waals surface area contributed by atoms with E-state index < -0.39 is 0 Å². The Morgan fingerprint density at radius 3 is 2.71 bits per heavy atom. The number of hydrogen-bond acceptors (Lipinski definition) is 2. The van der Waals surface area contributed by atoms with Crippen LogP contribution in [0.2, 0.25) is 0 Å². The van der Waals surface area contributed by atoms with Gasteiger partial charge in [-0.3, -0.25) is 10.4 Å². The molecule has 0 aliphatic carbocycles. The second-order valence-electron chi connectivity index (χ2n) is 4.32. The van der Waals surface area contributed by atoms with Gasteiger partial charge in [0.2, 0.25) is 5.96 Å². The monoisotopic (exact) mass is 298 g/mol. The number of hydrogen-bond donors (Lipinski definition) is 3. The molecule has 4 N–H and O–H groups in total. The standard InChI is InChI=1S/C12H19BrN4/c1-8(2)7-15-12(17-14)16-10-4-5-11(13)9(3)6-10/h4-6,8H,7,14H2,1-3H3,(H2,15,16,17). The quantitative estimate of drug-likeness (QED) is 0.348. The molecule has 0 saturated carbocycles. The topological polar surface area (TPSA) is 62.4 Å². The van der Waals surface area contributed by atoms with Gasteiger partial charge < -0.3 is 5.32 Å². The average Bonchev–Trinajstić information content (AvgIpc) is 2.28. The maximum atomic E-state index is 5.42. The highest BCUT2D eigenvalue weighted by molar-refractivity contribution is 9.10. The molecule has 0 bridgehead atoms. The average molecular weight is 299 g/mol. The van der Waals surface area contributed by atoms with Crippen LogP contribution in [-0.2, 0) is 0 Å². The molecular weight excluding hydrogens is 280 g/mol. The second-order valence-corrected chi connectivity index (χ2v) is 5.17. The van der Waals surface area contributed by atoms with Gasteiger partial charge in [-0.05, 0) is 36.6 Å². The Balaban J connectivity index is 2.73. The van der Waals surface area contributed by atoms with Gasteiger partial charge in [0.25, 0.3) is 0 Å². The number of aryl methyl sites for hydroxylation is 1. The first-order valence-electron chi connectivity index (χ1n) is 5.57. The molecule has 1 aromatic rings. The number of nitrogens with two attached hydrogens (primary N) is 1. The molecule has 0 aromatic heterocycles. The van der Waals surface area contributed by atoms with Crippen LogP contribution in [0.5, 0.6) is 0 Å². The normalized spacial score (nSPS) is 11.8. The second kappa shape index (κ2) is 6.61. The van der Waals surface area contributed by atoms with E-state index >= 15 is 0 Å². The Bertz CT molecular complexity index is 401. The van der Waals surface area contributed by atoms with Crippen LogP contribution >= 0.6 is 15.9 Å². The van der Waals surface area contributed by atoms with Crippen molar-refractivity contribution in [1.82, 2.24) is 5.43 Å². The van der Waals surface area contributed by atoms with Crippen molar-refractivity contribution in [1.29, 1.82) is 0 Å². The third-order valence-corrected chi connectivity index (χ3v) is 3.06. The van der Waals surface area contributed by atoms with Crippen molar-refractivity contribution < 1.29 is 0 Å². The lowest BCUT2D eigenvalue weighted by Gasteiger charge is -2.11. The van der Waals surface area contributed by atoms with Crippen LogP contribution in [0.25, 0.3) is 0 Å². The van der Waals surface area contributed by atoms with Crippen LogP contribution in [0, 0.1) is 12.8 Å². The Morgan fingerprint density at radius 2 is 2.18 bits per heavy atom. The first kappa shape index (κ1) is 14.0. The van der Waals surface area contributed by atoms with Crippen LogP contribution in [0.3, 0.4) is 0 Å². The molecule has 0 fully saturated rings. The third kappa shape index (κ3) is 4.75. The first-order valence-corrected chi connectivity index (χ1v) is 6.36. The highest BCUT2D eigenvalue weighted by Crippen LogP contribution is 2.19. The minimum atomic E-state index is 0.506. The van der Waals surface area contributed by atoms with Crippen molar-refractivity contribution in [3.63, 3.8) is 0 Å². The van der Waals surface area contributed by atoms with Crippen molar-refractivity contribution in [2.75, 3.05) is 11.9 Å². The predicted octanol–water partition coefficient (Wildman–Crippen LogP) is 2.64. The Kier molecular flexibility index (Phi) is 5.44. The van der Waals surface area contributed by atoms with Crippen LogP contribution < -0.4 is 16.6 Å². The van der Waals surface area contributed by atoms with Crippen molar-refractivity contribution >= 4 is 27.6 Å². The van der Waals surface area contributed by atoms with Gasteiger partial charge in [-0.25, -0.2) is 5.84 Å². The van der Waals surface area contributed by atoms with Gasteiger partial charge >= 0.3 is 0 Å². The van der Waals surface area contributed by atoms with Crippen molar-refractivity contribution in [2.24, 2.45) is 16.8 Å². The summed E-state index contributed by atoms with van der Waals surface area (Å²) in [5.74, 6) is 6.51. The van der Waals surface area contributed by atoms with Gasteiger partial charge in [0.1, 0.15) is 0 Å². The van der Waals surface area contributed by atoms with Crippen molar-refractivity contribution in [2.45, 2.75) is 20.8 Å². The molecule has 0 radical (unpaired) electrons. The summed E-state index contributed by atoms with van der Waals surface area (Å²) in [6.07, 6.45) is 0. The molecule has 0 saturated heterocycles. The molecule has 0 aliphatic heterocycles. The molecule has 5 heteroatoms. The van der Waals surface area contributed by atoms with Crippen LogP contribution in [0.4, 0.5) is 5.69 Å². The van der Waals surface area contributed by atoms with Crippen molar-refractivity contribution in [3.8, 4) is 0 Å². The minimum absolute atomic E-state index is 0.506. The van der Waals surface area contributed by atoms with E-state index in [0.717, 1.165) is 22.3 Å². The molecule has 17 heavy (non-hydrogen) atoms. The fourth-order valence-electron chi connectivity index (χ4n) is 1.25. The lowest BCUT2D eigenvalue weighted by Crippen LogP contribution is -2.36. The number of hydrazine groups is 1. The number of guanidine groups is 1. The van der Waals surface area contributed by atoms with E-state index in [2.05, 4.69) is 45.5 Å². The predicted molar refractivity (Wildman–Crippen MR) is 77.0 cm³/mol. The molecule has 1 rings (SSSR count). The number of nitrogens with one attached hydrogen (secondary N) is 2. The zero-order valence-corrected chi connectivity index (χ0v) is 12.0. The highest BCUT2D eigenvalue weighted by atomic mass is 79.9. The van der Waals surface area contributed by atoms with E-state index in [1.807, 2.05) is 25.1 Å². The van der Waals surface area contributed by atoms with Crippen LogP contribution in [0.15, 0.2) is 27.7 Å². The highest BCUT2D eigenvalue weighted by Gasteiger charge is 2.01. The molecule has 0 amide bonds. The summed E-state index contributed by atoms with van der Waals surface area (Å²) in [6, 6.07) is 6.00. The van der Waals surface area contributed by atoms with Crippen LogP contribution in [0.1, 0.15) is 19.4 Å². The summed E-state index contributed by atoms with van der Waals surface area (Å²) < 4.78 is 1.09. The maximum Gasteiger partial charge on any atom is 0.210 e. The summed E-state index contributed by atoms with van der Waals surface area (Å²) in [7, 11) is 0. The molecule has 0 heterocycles. The zero-order valence-electron chi connectivity index (χ0n) is 10.4. The first-order chi connectivity index (χ1) is 8.02. The number of benzene rings is 1. The van der Waals surface area contributed by atoms with Gasteiger partial charge in [-0.1, -0.05) is 29.8 Å². The van der Waals surface area contributed by atoms with Gasteiger partial charge in [0.15, 0.2) is 0 Å². The molecule has 94 valence electrons. The van der Waals surface area contributed by atoms with E-state index in [-0.39, 0.29) is 0 Å². The molecule has 0 unspecified atom stereocenters. The lowest BCUT2D eigenvalue weighted by molar-refractivity contribution is 0.663. The number of anilines is 1. The third-order valence-electron chi connectivity index (χ3n) is 2.17. The van der Waals surface area contributed by atoms with Crippen LogP contribution in [-0.4, -0.2) is 12.5 Å². The van der Waals surface area contributed by atoms with E-state index in [4.69, 9.17) is 5.84 Å². The number of halogens is 1. The summed E-state index contributed by atoms with van der Waals surface area (Å²) in [5.41, 5.74) is 4.69. The fraction of sp³-hybridized carbons (Fsp3) is 0.417. The summed E-state index contributed by atoms with van der Waals surface area (Å²) >= 11 is 3.46. The Morgan fingerprint density at radius 1 is 1.47 bits per heavy atom. The minimum Gasteiger partial charge on any atom is -0.325 e. The number of rotatable bonds is 3. The number of aliphatic imine (C=N–C) groups is 1. The summed E-state index contributed by atoms with van der Waals surface area (Å²) in [4.78, 5) is 4.35. The molecule has 0 atom stereocenters. The van der Waals surface area contributed by atoms with Gasteiger partial charge in [-0.2, -0.15) is 0 Å². The Labute approximate surface area is 111 Å². The van der Waals surface area contributed by atoms with E-state index in [0.29, 0.717) is 11.9 Å². The van der Waals surface area contributed by atoms with Crippen molar-refractivity contribution in [3.05, 3.63) is 28.2 Å². The van der Waals surface area contributed by atoms with E-state index in [1.54, 1.807) is 0 Å². The maximum absolute atomic E-state index is 5.42. The molecule has 1 aromatic carbocycles. The smallest absolute Gasteiger partial charge is 0.210 e. The molecule has 0 spiro atoms. The van der Waals surface area contributed by atoms with Gasteiger partial charge in [0, 0.05) is 16.7 Å². The van der Waals surface area contributed by atoms with E-state index in [9.17, 15) is 0 Å². The molecule has 0 aliphatic rings. The summed E-state index contributed by atoms with van der Waals surface area (Å²) in [5, 5.41) is 3.15.